The average molecular weight is 849 g/mol. The normalized spacial score (nSPS) is 20.5. The summed E-state index contributed by atoms with van der Waals surface area (Å²) in [5.41, 5.74) is 1.61. The lowest BCUT2D eigenvalue weighted by molar-refractivity contribution is -0.183. The third-order valence-electron chi connectivity index (χ3n) is 12.4. The van der Waals surface area contributed by atoms with Crippen molar-refractivity contribution in [3.63, 3.8) is 0 Å². The van der Waals surface area contributed by atoms with Crippen molar-refractivity contribution in [2.75, 3.05) is 34.0 Å². The van der Waals surface area contributed by atoms with Crippen LogP contribution in [0.2, 0.25) is 0 Å². The first-order valence-electron chi connectivity index (χ1n) is 21.4. The van der Waals surface area contributed by atoms with Crippen LogP contribution in [0.4, 0.5) is 0 Å². The van der Waals surface area contributed by atoms with Gasteiger partial charge in [-0.25, -0.2) is 4.67 Å². The number of benzene rings is 7. The molecule has 62 heavy (non-hydrogen) atoms. The summed E-state index contributed by atoms with van der Waals surface area (Å²) in [6.45, 7) is 9.17. The number of rotatable bonds is 17. The summed E-state index contributed by atoms with van der Waals surface area (Å²) in [5, 5.41) is 16.7. The van der Waals surface area contributed by atoms with E-state index in [1.54, 1.807) is 14.2 Å². The van der Waals surface area contributed by atoms with Crippen molar-refractivity contribution < 1.29 is 32.7 Å². The maximum atomic E-state index is 9.54. The first-order chi connectivity index (χ1) is 30.2. The average Bonchev–Trinajstić information content (AvgIpc) is 3.79. The fourth-order valence-corrected chi connectivity index (χ4v) is 11.4. The second-order valence-electron chi connectivity index (χ2n) is 16.8. The van der Waals surface area contributed by atoms with E-state index in [4.69, 9.17) is 32.7 Å². The van der Waals surface area contributed by atoms with Crippen LogP contribution >= 0.6 is 8.53 Å². The molecule has 7 aromatic carbocycles. The van der Waals surface area contributed by atoms with Gasteiger partial charge in [-0.15, -0.1) is 0 Å². The van der Waals surface area contributed by atoms with Gasteiger partial charge in [0.1, 0.15) is 41.0 Å². The van der Waals surface area contributed by atoms with Crippen molar-refractivity contribution in [2.45, 2.75) is 75.7 Å². The Kier molecular flexibility index (Phi) is 11.9. The highest BCUT2D eigenvalue weighted by Gasteiger charge is 2.65. The minimum absolute atomic E-state index is 0.0977. The first-order valence-corrected chi connectivity index (χ1v) is 22.5. The molecule has 0 saturated carbocycles. The van der Waals surface area contributed by atoms with Gasteiger partial charge in [-0.3, -0.25) is 0 Å². The van der Waals surface area contributed by atoms with Crippen LogP contribution in [0.5, 0.6) is 11.5 Å². The molecule has 1 unspecified atom stereocenters. The molecule has 0 radical (unpaired) electrons. The van der Waals surface area contributed by atoms with E-state index in [0.29, 0.717) is 0 Å². The van der Waals surface area contributed by atoms with Crippen LogP contribution in [0.15, 0.2) is 133 Å². The van der Waals surface area contributed by atoms with E-state index < -0.39 is 38.0 Å². The summed E-state index contributed by atoms with van der Waals surface area (Å²) in [6.07, 6.45) is -1.33. The summed E-state index contributed by atoms with van der Waals surface area (Å²) >= 11 is 0. The molecule has 2 bridgehead atoms. The van der Waals surface area contributed by atoms with Gasteiger partial charge >= 0.3 is 0 Å². The molecule has 9 nitrogen and oxygen atoms in total. The largest absolute Gasteiger partial charge is 0.497 e. The van der Waals surface area contributed by atoms with E-state index in [0.717, 1.165) is 39.1 Å². The quantitative estimate of drug-likeness (QED) is 0.0384. The van der Waals surface area contributed by atoms with Crippen molar-refractivity contribution in [3.05, 3.63) is 156 Å². The summed E-state index contributed by atoms with van der Waals surface area (Å²) in [4.78, 5) is 0. The van der Waals surface area contributed by atoms with E-state index in [1.165, 1.54) is 26.9 Å². The highest BCUT2D eigenvalue weighted by molar-refractivity contribution is 7.44. The van der Waals surface area contributed by atoms with Gasteiger partial charge in [-0.2, -0.15) is 5.26 Å². The minimum atomic E-state index is -1.67. The Hall–Kier alpha value is -5.14. The van der Waals surface area contributed by atoms with E-state index in [9.17, 15) is 5.26 Å². The third-order valence-corrected chi connectivity index (χ3v) is 14.6. The Balaban J connectivity index is 1.19. The molecule has 10 heteroatoms. The number of methoxy groups -OCH3 is 2. The Labute approximate surface area is 365 Å². The smallest absolute Gasteiger partial charge is 0.259 e. The minimum Gasteiger partial charge on any atom is -0.497 e. The summed E-state index contributed by atoms with van der Waals surface area (Å²) < 4.78 is 49.4. The van der Waals surface area contributed by atoms with E-state index in [2.05, 4.69) is 129 Å². The number of hydrogen-bond acceptors (Lipinski definition) is 9. The number of fused-ring (bicyclic) bond motifs is 2. The number of nitriles is 1. The van der Waals surface area contributed by atoms with E-state index in [1.807, 2.05) is 42.5 Å². The first kappa shape index (κ1) is 42.2. The van der Waals surface area contributed by atoms with Gasteiger partial charge in [0.15, 0.2) is 0 Å². The van der Waals surface area contributed by atoms with Crippen LogP contribution < -0.4 is 9.47 Å². The van der Waals surface area contributed by atoms with Crippen molar-refractivity contribution in [2.24, 2.45) is 0 Å². The number of hydrogen-bond donors (Lipinski definition) is 0. The Morgan fingerprint density at radius 1 is 0.726 bits per heavy atom. The SMILES string of the molecule is COc1ccc(C(OC[C@@]23CO[C@@H]([C@H]2OP(OCCC#N)N(C(C)C)C(C)C)[C@H](c2ccc4ccc5cccc6ccc2c4c56)O3)(c2ccccc2)c2ccc(OC)cc2)cc1. The molecule has 0 aromatic heterocycles. The van der Waals surface area contributed by atoms with Crippen LogP contribution in [-0.4, -0.2) is 68.6 Å². The lowest BCUT2D eigenvalue weighted by Crippen LogP contribution is -2.49. The van der Waals surface area contributed by atoms with Gasteiger partial charge in [0.05, 0.1) is 46.5 Å². The Bertz CT molecular complexity index is 2600. The standard InChI is InChI=1S/C52H53N2O7P/c1-34(2)54(35(3)4)62(59-31-11-30-53)61-50-49-48(45-29-19-38-17-16-36-12-10-13-37-18-28-44(45)47(38)46(36)37)60-51(50,32-57-49)33-58-52(39-14-8-7-9-15-39,40-20-24-42(55-5)25-21-40)41-22-26-43(56-6)27-23-41/h7-10,12-29,34-35,48-50H,11,31-33H2,1-6H3/t48-,49+,50+,51-,62?/m0/s1. The predicted molar refractivity (Wildman–Crippen MR) is 245 cm³/mol. The predicted octanol–water partition coefficient (Wildman–Crippen LogP) is 11.5. The van der Waals surface area contributed by atoms with E-state index >= 15 is 0 Å². The van der Waals surface area contributed by atoms with Crippen molar-refractivity contribution in [3.8, 4) is 17.6 Å². The van der Waals surface area contributed by atoms with Gasteiger partial charge in [-0.05, 0) is 107 Å². The second-order valence-corrected chi connectivity index (χ2v) is 18.2. The molecule has 318 valence electrons. The summed E-state index contributed by atoms with van der Waals surface area (Å²) in [7, 11) is 1.67. The molecule has 2 aliphatic heterocycles. The fraction of sp³-hybridized carbons (Fsp3) is 0.327. The molecular weight excluding hydrogens is 796 g/mol. The Morgan fingerprint density at radius 3 is 1.90 bits per heavy atom. The van der Waals surface area contributed by atoms with Gasteiger partial charge in [0.25, 0.3) is 8.53 Å². The maximum absolute atomic E-state index is 9.54. The molecule has 2 aliphatic rings. The summed E-state index contributed by atoms with van der Waals surface area (Å²) in [5.74, 6) is 1.48. The molecule has 2 fully saturated rings. The maximum Gasteiger partial charge on any atom is 0.259 e. The molecule has 9 rings (SSSR count). The molecule has 0 N–H and O–H groups in total. The van der Waals surface area contributed by atoms with Crippen molar-refractivity contribution >= 4 is 40.8 Å². The second kappa shape index (κ2) is 17.6. The van der Waals surface area contributed by atoms with Gasteiger partial charge < -0.3 is 32.7 Å². The number of ether oxygens (including phenoxy) is 5. The zero-order chi connectivity index (χ0) is 43.0. The van der Waals surface area contributed by atoms with Gasteiger partial charge in [0.2, 0.25) is 0 Å². The topological polar surface area (TPSA) is 91.6 Å². The molecular formula is C52H53N2O7P. The van der Waals surface area contributed by atoms with E-state index in [-0.39, 0.29) is 38.3 Å². The molecule has 5 atom stereocenters. The van der Waals surface area contributed by atoms with Crippen LogP contribution in [0.3, 0.4) is 0 Å². The molecule has 0 amide bonds. The zero-order valence-corrected chi connectivity index (χ0v) is 37.0. The van der Waals surface area contributed by atoms with Gasteiger partial charge in [0, 0.05) is 12.1 Å². The molecule has 2 saturated heterocycles. The van der Waals surface area contributed by atoms with Crippen LogP contribution in [0, 0.1) is 11.3 Å². The summed E-state index contributed by atoms with van der Waals surface area (Å²) in [6, 6.07) is 48.5. The third kappa shape index (κ3) is 7.38. The lowest BCUT2D eigenvalue weighted by Gasteiger charge is -2.41. The molecule has 0 aliphatic carbocycles. The Morgan fingerprint density at radius 2 is 1.31 bits per heavy atom. The van der Waals surface area contributed by atoms with Gasteiger partial charge in [-0.1, -0.05) is 109 Å². The molecule has 0 spiro atoms. The van der Waals surface area contributed by atoms with Crippen molar-refractivity contribution in [1.82, 2.24) is 4.67 Å². The highest BCUT2D eigenvalue weighted by Crippen LogP contribution is 2.58. The molecule has 2 heterocycles. The monoisotopic (exact) mass is 848 g/mol. The number of nitrogens with zero attached hydrogens (tertiary/aromatic N) is 2. The van der Waals surface area contributed by atoms with Crippen LogP contribution in [0.1, 0.15) is 62.5 Å². The van der Waals surface area contributed by atoms with Crippen LogP contribution in [-0.2, 0) is 28.9 Å². The lowest BCUT2D eigenvalue weighted by atomic mass is 9.79. The fourth-order valence-electron chi connectivity index (χ4n) is 9.63. The zero-order valence-electron chi connectivity index (χ0n) is 36.1. The highest BCUT2D eigenvalue weighted by atomic mass is 31.2. The molecule has 7 aromatic rings. The van der Waals surface area contributed by atoms with Crippen LogP contribution in [0.25, 0.3) is 32.3 Å². The van der Waals surface area contributed by atoms with Crippen molar-refractivity contribution in [1.29, 1.82) is 5.26 Å².